The molecule has 0 aliphatic carbocycles. The van der Waals surface area contributed by atoms with Crippen LogP contribution in [0.4, 0.5) is 0 Å². The van der Waals surface area contributed by atoms with Crippen LogP contribution in [0.5, 0.6) is 5.75 Å². The number of carboxylic acids is 1. The van der Waals surface area contributed by atoms with E-state index in [1.54, 1.807) is 6.92 Å². The van der Waals surface area contributed by atoms with Crippen molar-refractivity contribution in [2.24, 2.45) is 0 Å². The molecule has 122 valence electrons. The second-order valence-electron chi connectivity index (χ2n) is 5.40. The normalized spacial score (nSPS) is 12.0. The van der Waals surface area contributed by atoms with Crippen LogP contribution in [-0.4, -0.2) is 17.1 Å². The van der Waals surface area contributed by atoms with Gasteiger partial charge in [0.1, 0.15) is 18.4 Å². The molecule has 0 radical (unpaired) electrons. The minimum Gasteiger partial charge on any atom is -0.489 e. The lowest BCUT2D eigenvalue weighted by molar-refractivity contribution is -0.139. The lowest BCUT2D eigenvalue weighted by atomic mass is 10.1. The standard InChI is InChI=1S/C18H20BrNO3/c1-12-15(4-3-5-17(12)19)11-23-16-8-6-14(7-9-16)10-20-13(2)18(21)22/h3-9,13,20H,10-11H2,1-2H3,(H,21,22). The van der Waals surface area contributed by atoms with Crippen molar-refractivity contribution in [3.05, 3.63) is 63.6 Å². The van der Waals surface area contributed by atoms with E-state index in [0.717, 1.165) is 21.3 Å². The van der Waals surface area contributed by atoms with Crippen LogP contribution in [-0.2, 0) is 17.9 Å². The van der Waals surface area contributed by atoms with Gasteiger partial charge in [-0.3, -0.25) is 4.79 Å². The molecular weight excluding hydrogens is 358 g/mol. The predicted octanol–water partition coefficient (Wildman–Crippen LogP) is 3.90. The molecule has 0 heterocycles. The Labute approximate surface area is 144 Å². The number of aliphatic carboxylic acids is 1. The maximum atomic E-state index is 10.8. The zero-order chi connectivity index (χ0) is 16.8. The van der Waals surface area contributed by atoms with Crippen LogP contribution in [0.25, 0.3) is 0 Å². The molecule has 2 aromatic carbocycles. The van der Waals surface area contributed by atoms with Gasteiger partial charge in [0.05, 0.1) is 0 Å². The van der Waals surface area contributed by atoms with E-state index >= 15 is 0 Å². The van der Waals surface area contributed by atoms with Crippen LogP contribution in [0.1, 0.15) is 23.6 Å². The quantitative estimate of drug-likeness (QED) is 0.767. The Bertz CT molecular complexity index is 670. The first-order chi connectivity index (χ1) is 11.0. The number of carbonyl (C=O) groups is 1. The number of nitrogens with one attached hydrogen (secondary N) is 1. The Hall–Kier alpha value is -1.85. The van der Waals surface area contributed by atoms with Crippen molar-refractivity contribution in [3.63, 3.8) is 0 Å². The van der Waals surface area contributed by atoms with Crippen LogP contribution in [0.3, 0.4) is 0 Å². The maximum Gasteiger partial charge on any atom is 0.320 e. The topological polar surface area (TPSA) is 58.6 Å². The van der Waals surface area contributed by atoms with Gasteiger partial charge in [0.2, 0.25) is 0 Å². The zero-order valence-electron chi connectivity index (χ0n) is 13.2. The van der Waals surface area contributed by atoms with E-state index in [-0.39, 0.29) is 0 Å². The summed E-state index contributed by atoms with van der Waals surface area (Å²) in [6.45, 7) is 4.71. The molecule has 1 unspecified atom stereocenters. The summed E-state index contributed by atoms with van der Waals surface area (Å²) in [5, 5.41) is 11.8. The first-order valence-electron chi connectivity index (χ1n) is 7.39. The summed E-state index contributed by atoms with van der Waals surface area (Å²) in [6.07, 6.45) is 0. The van der Waals surface area contributed by atoms with E-state index < -0.39 is 12.0 Å². The van der Waals surface area contributed by atoms with Crippen molar-refractivity contribution in [1.29, 1.82) is 0 Å². The summed E-state index contributed by atoms with van der Waals surface area (Å²) in [5.74, 6) is -0.0613. The van der Waals surface area contributed by atoms with Gasteiger partial charge in [-0.15, -0.1) is 0 Å². The van der Waals surface area contributed by atoms with Crippen molar-refractivity contribution < 1.29 is 14.6 Å². The summed E-state index contributed by atoms with van der Waals surface area (Å²) in [7, 11) is 0. The Morgan fingerprint density at radius 3 is 2.61 bits per heavy atom. The third-order valence-corrected chi connectivity index (χ3v) is 4.54. The highest BCUT2D eigenvalue weighted by Gasteiger charge is 2.09. The first-order valence-corrected chi connectivity index (χ1v) is 8.18. The van der Waals surface area contributed by atoms with Gasteiger partial charge >= 0.3 is 5.97 Å². The minimum absolute atomic E-state index is 0.512. The van der Waals surface area contributed by atoms with Crippen LogP contribution in [0.2, 0.25) is 0 Å². The van der Waals surface area contributed by atoms with E-state index in [0.29, 0.717) is 13.2 Å². The Morgan fingerprint density at radius 2 is 1.96 bits per heavy atom. The largest absolute Gasteiger partial charge is 0.489 e. The molecule has 2 aromatic rings. The second kappa shape index (κ2) is 8.13. The molecular formula is C18H20BrNO3. The van der Waals surface area contributed by atoms with E-state index in [4.69, 9.17) is 9.84 Å². The molecule has 1 atom stereocenters. The summed E-state index contributed by atoms with van der Waals surface area (Å²) in [4.78, 5) is 10.8. The molecule has 2 N–H and O–H groups in total. The summed E-state index contributed by atoms with van der Waals surface area (Å²) in [6, 6.07) is 13.2. The fourth-order valence-corrected chi connectivity index (χ4v) is 2.44. The SMILES string of the molecule is Cc1c(Br)cccc1COc1ccc(CNC(C)C(=O)O)cc1. The molecule has 0 saturated heterocycles. The van der Waals surface area contributed by atoms with Gasteiger partial charge in [0, 0.05) is 11.0 Å². The van der Waals surface area contributed by atoms with Gasteiger partial charge in [-0.25, -0.2) is 0 Å². The van der Waals surface area contributed by atoms with Gasteiger partial charge in [0.15, 0.2) is 0 Å². The number of halogens is 1. The maximum absolute atomic E-state index is 10.8. The van der Waals surface area contributed by atoms with Gasteiger partial charge in [-0.05, 0) is 48.7 Å². The second-order valence-corrected chi connectivity index (χ2v) is 6.25. The molecule has 23 heavy (non-hydrogen) atoms. The highest BCUT2D eigenvalue weighted by molar-refractivity contribution is 9.10. The molecule has 0 saturated carbocycles. The van der Waals surface area contributed by atoms with Crippen LogP contribution in [0, 0.1) is 6.92 Å². The van der Waals surface area contributed by atoms with E-state index in [1.807, 2.05) is 42.5 Å². The third kappa shape index (κ3) is 5.08. The number of carboxylic acid groups (broad SMARTS) is 1. The number of hydrogen-bond acceptors (Lipinski definition) is 3. The number of ether oxygens (including phenoxy) is 1. The summed E-state index contributed by atoms with van der Waals surface area (Å²) in [5.41, 5.74) is 3.33. The van der Waals surface area contributed by atoms with Crippen molar-refractivity contribution in [3.8, 4) is 5.75 Å². The monoisotopic (exact) mass is 377 g/mol. The molecule has 0 aliphatic heterocycles. The fraction of sp³-hybridized carbons (Fsp3) is 0.278. The first kappa shape index (κ1) is 17.5. The lowest BCUT2D eigenvalue weighted by Gasteiger charge is -2.11. The Morgan fingerprint density at radius 1 is 1.26 bits per heavy atom. The number of rotatable bonds is 7. The molecule has 2 rings (SSSR count). The van der Waals surface area contributed by atoms with Crippen LogP contribution >= 0.6 is 15.9 Å². The highest BCUT2D eigenvalue weighted by Crippen LogP contribution is 2.21. The summed E-state index contributed by atoms with van der Waals surface area (Å²) < 4.78 is 6.89. The van der Waals surface area contributed by atoms with Gasteiger partial charge in [-0.1, -0.05) is 40.2 Å². The smallest absolute Gasteiger partial charge is 0.320 e. The molecule has 0 aliphatic rings. The Kier molecular flexibility index (Phi) is 6.19. The molecule has 0 amide bonds. The number of benzene rings is 2. The van der Waals surface area contributed by atoms with Gasteiger partial charge in [-0.2, -0.15) is 0 Å². The summed E-state index contributed by atoms with van der Waals surface area (Å²) >= 11 is 3.52. The van der Waals surface area contributed by atoms with Crippen LogP contribution < -0.4 is 10.1 Å². The average Bonchev–Trinajstić information content (AvgIpc) is 2.55. The minimum atomic E-state index is -0.852. The van der Waals surface area contributed by atoms with Crippen molar-refractivity contribution >= 4 is 21.9 Å². The molecule has 0 fully saturated rings. The third-order valence-electron chi connectivity index (χ3n) is 3.68. The molecule has 0 aromatic heterocycles. The van der Waals surface area contributed by atoms with E-state index in [2.05, 4.69) is 28.2 Å². The van der Waals surface area contributed by atoms with Crippen molar-refractivity contribution in [1.82, 2.24) is 5.32 Å². The van der Waals surface area contributed by atoms with Crippen molar-refractivity contribution in [2.75, 3.05) is 0 Å². The molecule has 0 spiro atoms. The van der Waals surface area contributed by atoms with E-state index in [1.165, 1.54) is 5.56 Å². The van der Waals surface area contributed by atoms with Gasteiger partial charge in [0.25, 0.3) is 0 Å². The van der Waals surface area contributed by atoms with Crippen molar-refractivity contribution in [2.45, 2.75) is 33.0 Å². The molecule has 0 bridgehead atoms. The molecule has 5 heteroatoms. The predicted molar refractivity (Wildman–Crippen MR) is 93.6 cm³/mol. The van der Waals surface area contributed by atoms with E-state index in [9.17, 15) is 4.79 Å². The average molecular weight is 378 g/mol. The Balaban J connectivity index is 1.90. The lowest BCUT2D eigenvalue weighted by Crippen LogP contribution is -2.33. The molecule has 4 nitrogen and oxygen atoms in total. The number of hydrogen-bond donors (Lipinski definition) is 2. The fourth-order valence-electron chi connectivity index (χ4n) is 2.03. The highest BCUT2D eigenvalue weighted by atomic mass is 79.9. The van der Waals surface area contributed by atoms with Crippen LogP contribution in [0.15, 0.2) is 46.9 Å². The van der Waals surface area contributed by atoms with Gasteiger partial charge < -0.3 is 15.2 Å². The zero-order valence-corrected chi connectivity index (χ0v) is 14.8.